The fraction of sp³-hybridized carbons (Fsp3) is 0.524. The molecule has 1 radical (unpaired) electrons. The van der Waals surface area contributed by atoms with Crippen LogP contribution in [0.3, 0.4) is 0 Å². The third kappa shape index (κ3) is 5.45. The monoisotopic (exact) mass is 422 g/mol. The second kappa shape index (κ2) is 9.09. The average molecular weight is 423 g/mol. The lowest BCUT2D eigenvalue weighted by atomic mass is 9.86. The van der Waals surface area contributed by atoms with Crippen LogP contribution < -0.4 is 4.90 Å². The molecule has 0 bridgehead atoms. The minimum Gasteiger partial charge on any atom is -0.462 e. The van der Waals surface area contributed by atoms with Gasteiger partial charge in [-0.05, 0) is 43.6 Å². The number of rotatable bonds is 7. The van der Waals surface area contributed by atoms with Crippen LogP contribution in [-0.2, 0) is 18.7 Å². The van der Waals surface area contributed by atoms with Crippen molar-refractivity contribution >= 4 is 32.4 Å². The second-order valence-electron chi connectivity index (χ2n) is 8.21. The molecule has 1 aliphatic rings. The Morgan fingerprint density at radius 3 is 2.59 bits per heavy atom. The second-order valence-corrected chi connectivity index (χ2v) is 10.3. The van der Waals surface area contributed by atoms with Gasteiger partial charge in [-0.1, -0.05) is 27.4 Å². The SMILES string of the molecule is C=C(C(=O)OCC)c1ccc(N2CC(C(O[Si](C)C)C(C)(C)C)OC2=O)cc1F. The molecule has 0 aromatic heterocycles. The van der Waals surface area contributed by atoms with Crippen molar-refractivity contribution in [2.24, 2.45) is 5.41 Å². The zero-order valence-corrected chi connectivity index (χ0v) is 18.9. The van der Waals surface area contributed by atoms with Crippen molar-refractivity contribution in [2.45, 2.75) is 53.0 Å². The molecule has 0 spiro atoms. The van der Waals surface area contributed by atoms with Crippen LogP contribution in [0.15, 0.2) is 24.8 Å². The average Bonchev–Trinajstić information content (AvgIpc) is 2.99. The number of halogens is 1. The van der Waals surface area contributed by atoms with Gasteiger partial charge < -0.3 is 13.9 Å². The lowest BCUT2D eigenvalue weighted by molar-refractivity contribution is -0.136. The first kappa shape index (κ1) is 23.1. The summed E-state index contributed by atoms with van der Waals surface area (Å²) in [6, 6.07) is 4.18. The van der Waals surface area contributed by atoms with E-state index in [-0.39, 0.29) is 35.8 Å². The smallest absolute Gasteiger partial charge is 0.414 e. The fourth-order valence-corrected chi connectivity index (χ4v) is 4.18. The number of esters is 1. The number of amides is 1. The highest BCUT2D eigenvalue weighted by molar-refractivity contribution is 6.48. The first-order valence-corrected chi connectivity index (χ1v) is 12.0. The zero-order valence-electron chi connectivity index (χ0n) is 17.9. The number of carbonyl (C=O) groups excluding carboxylic acids is 2. The van der Waals surface area contributed by atoms with E-state index in [4.69, 9.17) is 13.9 Å². The molecule has 2 rings (SSSR count). The maximum atomic E-state index is 14.6. The van der Waals surface area contributed by atoms with E-state index in [0.717, 1.165) is 0 Å². The number of cyclic esters (lactones) is 1. The first-order chi connectivity index (χ1) is 13.5. The van der Waals surface area contributed by atoms with Crippen molar-refractivity contribution in [1.82, 2.24) is 0 Å². The Morgan fingerprint density at radius 2 is 2.07 bits per heavy atom. The van der Waals surface area contributed by atoms with Crippen LogP contribution in [0, 0.1) is 11.2 Å². The third-order valence-corrected chi connectivity index (χ3v) is 5.23. The fourth-order valence-electron chi connectivity index (χ4n) is 3.16. The Balaban J connectivity index is 2.23. The minimum atomic E-state index is -1.01. The van der Waals surface area contributed by atoms with E-state index >= 15 is 0 Å². The Labute approximate surface area is 173 Å². The van der Waals surface area contributed by atoms with Crippen LogP contribution in [0.1, 0.15) is 33.3 Å². The molecule has 0 saturated carbocycles. The molecule has 159 valence electrons. The predicted octanol–water partition coefficient (Wildman–Crippen LogP) is 4.41. The van der Waals surface area contributed by atoms with Gasteiger partial charge in [-0.25, -0.2) is 14.0 Å². The van der Waals surface area contributed by atoms with Gasteiger partial charge in [0.1, 0.15) is 11.9 Å². The summed E-state index contributed by atoms with van der Waals surface area (Å²) < 4.78 is 31.2. The van der Waals surface area contributed by atoms with Gasteiger partial charge in [0.15, 0.2) is 0 Å². The highest BCUT2D eigenvalue weighted by Crippen LogP contribution is 2.33. The van der Waals surface area contributed by atoms with Crippen molar-refractivity contribution in [3.05, 3.63) is 36.2 Å². The molecule has 1 saturated heterocycles. The van der Waals surface area contributed by atoms with Crippen LogP contribution in [0.2, 0.25) is 13.1 Å². The number of anilines is 1. The van der Waals surface area contributed by atoms with E-state index < -0.39 is 33.0 Å². The molecule has 0 N–H and O–H groups in total. The number of ether oxygens (including phenoxy) is 2. The summed E-state index contributed by atoms with van der Waals surface area (Å²) in [5.74, 6) is -1.34. The predicted molar refractivity (Wildman–Crippen MR) is 111 cm³/mol. The van der Waals surface area contributed by atoms with Gasteiger partial charge in [0.2, 0.25) is 9.04 Å². The van der Waals surface area contributed by atoms with E-state index in [1.54, 1.807) is 13.0 Å². The number of benzene rings is 1. The van der Waals surface area contributed by atoms with Crippen molar-refractivity contribution in [1.29, 1.82) is 0 Å². The number of hydrogen-bond acceptors (Lipinski definition) is 5. The van der Waals surface area contributed by atoms with Crippen molar-refractivity contribution in [3.63, 3.8) is 0 Å². The molecule has 1 fully saturated rings. The molecule has 1 aliphatic heterocycles. The lowest BCUT2D eigenvalue weighted by Gasteiger charge is -2.35. The number of nitrogens with zero attached hydrogens (tertiary/aromatic N) is 1. The van der Waals surface area contributed by atoms with E-state index in [1.807, 2.05) is 33.9 Å². The van der Waals surface area contributed by atoms with Gasteiger partial charge >= 0.3 is 12.1 Å². The van der Waals surface area contributed by atoms with Gasteiger partial charge in [-0.3, -0.25) is 4.90 Å². The molecular formula is C21H29FNO5Si. The molecule has 2 unspecified atom stereocenters. The molecule has 1 amide bonds. The van der Waals surface area contributed by atoms with Crippen LogP contribution >= 0.6 is 0 Å². The van der Waals surface area contributed by atoms with E-state index in [1.165, 1.54) is 17.0 Å². The zero-order chi connectivity index (χ0) is 21.9. The summed E-state index contributed by atoms with van der Waals surface area (Å²) in [5.41, 5.74) is 0.0904. The Kier molecular flexibility index (Phi) is 7.23. The van der Waals surface area contributed by atoms with E-state index in [0.29, 0.717) is 5.69 Å². The Bertz CT molecular complexity index is 790. The topological polar surface area (TPSA) is 65.1 Å². The summed E-state index contributed by atoms with van der Waals surface area (Å²) in [6.07, 6.45) is -1.28. The molecule has 6 nitrogen and oxygen atoms in total. The van der Waals surface area contributed by atoms with Crippen LogP contribution in [0.5, 0.6) is 0 Å². The highest BCUT2D eigenvalue weighted by atomic mass is 28.3. The van der Waals surface area contributed by atoms with Crippen LogP contribution in [0.4, 0.5) is 14.9 Å². The van der Waals surface area contributed by atoms with Gasteiger partial charge in [0, 0.05) is 5.56 Å². The van der Waals surface area contributed by atoms with Crippen LogP contribution in [0.25, 0.3) is 5.57 Å². The normalized spacial score (nSPS) is 18.0. The molecule has 1 aromatic carbocycles. The summed E-state index contributed by atoms with van der Waals surface area (Å²) in [4.78, 5) is 25.7. The summed E-state index contributed by atoms with van der Waals surface area (Å²) in [6.45, 7) is 15.9. The molecule has 29 heavy (non-hydrogen) atoms. The van der Waals surface area contributed by atoms with E-state index in [9.17, 15) is 14.0 Å². The quantitative estimate of drug-likeness (QED) is 0.370. The first-order valence-electron chi connectivity index (χ1n) is 9.56. The van der Waals surface area contributed by atoms with Gasteiger partial charge in [-0.2, -0.15) is 0 Å². The Hall–Kier alpha value is -2.19. The molecule has 0 aliphatic carbocycles. The van der Waals surface area contributed by atoms with Gasteiger partial charge in [0.05, 0.1) is 30.5 Å². The summed E-state index contributed by atoms with van der Waals surface area (Å²) in [5, 5.41) is 0. The molecule has 1 heterocycles. The summed E-state index contributed by atoms with van der Waals surface area (Å²) >= 11 is 0. The molecule has 2 atom stereocenters. The van der Waals surface area contributed by atoms with E-state index in [2.05, 4.69) is 6.58 Å². The number of carbonyl (C=O) groups is 2. The lowest BCUT2D eigenvalue weighted by Crippen LogP contribution is -2.44. The molecule has 1 aromatic rings. The maximum absolute atomic E-state index is 14.6. The van der Waals surface area contributed by atoms with Gasteiger partial charge in [-0.15, -0.1) is 0 Å². The third-order valence-electron chi connectivity index (χ3n) is 4.50. The van der Waals surface area contributed by atoms with Crippen molar-refractivity contribution < 1.29 is 27.9 Å². The Morgan fingerprint density at radius 1 is 1.41 bits per heavy atom. The maximum Gasteiger partial charge on any atom is 0.414 e. The standard InChI is InChI=1S/C21H29FNO5Si/c1-8-26-19(24)13(2)15-10-9-14(11-16(15)22)23-12-17(27-20(23)25)18(21(3,4)5)28-29(6)7/h9-11,17-18H,2,8,12H2,1,3-7H3. The highest BCUT2D eigenvalue weighted by Gasteiger charge is 2.43. The largest absolute Gasteiger partial charge is 0.462 e. The van der Waals surface area contributed by atoms with Gasteiger partial charge in [0.25, 0.3) is 0 Å². The van der Waals surface area contributed by atoms with Crippen molar-refractivity contribution in [3.8, 4) is 0 Å². The van der Waals surface area contributed by atoms with Crippen molar-refractivity contribution in [2.75, 3.05) is 18.1 Å². The van der Waals surface area contributed by atoms with Crippen LogP contribution in [-0.4, -0.2) is 46.5 Å². The number of hydrogen-bond donors (Lipinski definition) is 0. The molecular weight excluding hydrogens is 393 g/mol. The molecule has 8 heteroatoms. The summed E-state index contributed by atoms with van der Waals surface area (Å²) in [7, 11) is -1.01. The minimum absolute atomic E-state index is 0.0384.